The Bertz CT molecular complexity index is 136. The molecule has 0 fully saturated rings. The lowest BCUT2D eigenvalue weighted by molar-refractivity contribution is -0.482. The van der Waals surface area contributed by atoms with Crippen LogP contribution in [0.5, 0.6) is 0 Å². The third-order valence-corrected chi connectivity index (χ3v) is 1.22. The van der Waals surface area contributed by atoms with E-state index in [1.165, 1.54) is 0 Å². The average Bonchev–Trinajstić information content (AvgIpc) is 1.97. The number of nitro groups is 1. The third-order valence-electron chi connectivity index (χ3n) is 1.22. The summed E-state index contributed by atoms with van der Waals surface area (Å²) in [5, 5.41) is 9.91. The number of hydrogen-bond donors (Lipinski definition) is 0. The molecule has 0 aromatic rings. The molecule has 0 saturated carbocycles. The summed E-state index contributed by atoms with van der Waals surface area (Å²) in [6.07, 6.45) is 2.03. The second-order valence-corrected chi connectivity index (χ2v) is 2.28. The summed E-state index contributed by atoms with van der Waals surface area (Å²) < 4.78 is 5.12. The van der Waals surface area contributed by atoms with E-state index in [1.807, 2.05) is 6.92 Å². The first-order valence-corrected chi connectivity index (χ1v) is 3.51. The summed E-state index contributed by atoms with van der Waals surface area (Å²) in [5.41, 5.74) is 0. The van der Waals surface area contributed by atoms with Crippen LogP contribution in [0.1, 0.15) is 13.3 Å². The molecule has 1 atom stereocenters. The molecule has 0 bridgehead atoms. The minimum Gasteiger partial charge on any atom is -0.374 e. The van der Waals surface area contributed by atoms with E-state index in [0.29, 0.717) is 13.0 Å². The highest BCUT2D eigenvalue weighted by atomic mass is 16.6. The molecule has 0 aliphatic heterocycles. The van der Waals surface area contributed by atoms with E-state index in [2.05, 4.69) is 6.58 Å². The van der Waals surface area contributed by atoms with Gasteiger partial charge in [0.2, 0.25) is 6.54 Å². The van der Waals surface area contributed by atoms with Crippen molar-refractivity contribution in [3.05, 3.63) is 22.8 Å². The molecule has 0 amide bonds. The Morgan fingerprint density at radius 3 is 2.91 bits per heavy atom. The zero-order valence-corrected chi connectivity index (χ0v) is 6.66. The maximum atomic E-state index is 9.91. The highest BCUT2D eigenvalue weighted by molar-refractivity contribution is 4.65. The van der Waals surface area contributed by atoms with Gasteiger partial charge in [-0.3, -0.25) is 10.1 Å². The molecule has 0 aliphatic carbocycles. The van der Waals surface area contributed by atoms with Gasteiger partial charge in [-0.15, -0.1) is 6.58 Å². The van der Waals surface area contributed by atoms with Crippen molar-refractivity contribution >= 4 is 0 Å². The molecule has 0 spiro atoms. The molecule has 0 aromatic heterocycles. The lowest BCUT2D eigenvalue weighted by Crippen LogP contribution is -2.13. The molecule has 0 N–H and O–H groups in total. The van der Waals surface area contributed by atoms with Crippen molar-refractivity contribution in [2.24, 2.45) is 0 Å². The Morgan fingerprint density at radius 2 is 2.45 bits per heavy atom. The molecule has 0 saturated heterocycles. The first-order valence-electron chi connectivity index (χ1n) is 3.51. The summed E-state index contributed by atoms with van der Waals surface area (Å²) in [6, 6.07) is 0. The van der Waals surface area contributed by atoms with E-state index in [9.17, 15) is 10.1 Å². The van der Waals surface area contributed by atoms with E-state index in [-0.39, 0.29) is 17.6 Å². The van der Waals surface area contributed by atoms with Crippen LogP contribution in [0, 0.1) is 10.1 Å². The largest absolute Gasteiger partial charge is 0.374 e. The molecule has 64 valence electrons. The van der Waals surface area contributed by atoms with Crippen LogP contribution in [-0.4, -0.2) is 24.2 Å². The summed E-state index contributed by atoms with van der Waals surface area (Å²) in [5.74, 6) is 0. The fourth-order valence-electron chi connectivity index (χ4n) is 0.603. The topological polar surface area (TPSA) is 52.4 Å². The molecule has 0 aliphatic rings. The number of rotatable bonds is 6. The smallest absolute Gasteiger partial charge is 0.206 e. The molecule has 0 heterocycles. The summed E-state index contributed by atoms with van der Waals surface area (Å²) in [4.78, 5) is 9.57. The van der Waals surface area contributed by atoms with Gasteiger partial charge < -0.3 is 4.74 Å². The van der Waals surface area contributed by atoms with Crippen molar-refractivity contribution in [2.75, 3.05) is 13.2 Å². The summed E-state index contributed by atoms with van der Waals surface area (Å²) in [7, 11) is 0. The van der Waals surface area contributed by atoms with Gasteiger partial charge in [0.15, 0.2) is 0 Å². The maximum Gasteiger partial charge on any atom is 0.206 e. The van der Waals surface area contributed by atoms with Crippen molar-refractivity contribution in [1.82, 2.24) is 0 Å². The van der Waals surface area contributed by atoms with Gasteiger partial charge in [-0.2, -0.15) is 0 Å². The zero-order chi connectivity index (χ0) is 8.69. The van der Waals surface area contributed by atoms with Crippen LogP contribution in [-0.2, 0) is 4.74 Å². The van der Waals surface area contributed by atoms with Crippen molar-refractivity contribution in [2.45, 2.75) is 19.4 Å². The molecular weight excluding hydrogens is 146 g/mol. The Balaban J connectivity index is 3.28. The molecule has 4 nitrogen and oxygen atoms in total. The normalized spacial score (nSPS) is 12.5. The Hall–Kier alpha value is -0.900. The second-order valence-electron chi connectivity index (χ2n) is 2.28. The van der Waals surface area contributed by atoms with Crippen LogP contribution in [0.4, 0.5) is 0 Å². The molecule has 1 unspecified atom stereocenters. The van der Waals surface area contributed by atoms with Gasteiger partial charge in [-0.05, 0) is 6.92 Å². The fraction of sp³-hybridized carbons (Fsp3) is 0.714. The average molecular weight is 159 g/mol. The minimum atomic E-state index is -0.340. The van der Waals surface area contributed by atoms with Gasteiger partial charge >= 0.3 is 0 Å². The van der Waals surface area contributed by atoms with Crippen molar-refractivity contribution in [1.29, 1.82) is 0 Å². The van der Waals surface area contributed by atoms with E-state index < -0.39 is 0 Å². The summed E-state index contributed by atoms with van der Waals surface area (Å²) >= 11 is 0. The minimum absolute atomic E-state index is 0.0295. The highest BCUT2D eigenvalue weighted by Crippen LogP contribution is 1.96. The molecule has 11 heavy (non-hydrogen) atoms. The van der Waals surface area contributed by atoms with Crippen LogP contribution in [0.25, 0.3) is 0 Å². The molecular formula is C7H13NO3. The monoisotopic (exact) mass is 159 g/mol. The van der Waals surface area contributed by atoms with Crippen molar-refractivity contribution in [3.8, 4) is 0 Å². The Morgan fingerprint density at radius 1 is 1.82 bits per heavy atom. The van der Waals surface area contributed by atoms with Crippen LogP contribution in [0.15, 0.2) is 12.7 Å². The Kier molecular flexibility index (Phi) is 5.37. The Labute approximate surface area is 66.0 Å². The lowest BCUT2D eigenvalue weighted by atomic mass is 10.3. The number of hydrogen-bond acceptors (Lipinski definition) is 3. The van der Waals surface area contributed by atoms with Crippen molar-refractivity contribution in [3.63, 3.8) is 0 Å². The molecule has 0 aromatic carbocycles. The standard InChI is InChI=1S/C7H13NO3/c1-3-6-11-7(2)4-5-8(9)10/h3,7H,1,4-6H2,2H3. The maximum absolute atomic E-state index is 9.91. The summed E-state index contributed by atoms with van der Waals surface area (Å²) in [6.45, 7) is 5.71. The molecule has 0 radical (unpaired) electrons. The second kappa shape index (κ2) is 5.85. The van der Waals surface area contributed by atoms with Crippen LogP contribution < -0.4 is 0 Å². The van der Waals surface area contributed by atoms with Gasteiger partial charge in [0, 0.05) is 11.3 Å². The van der Waals surface area contributed by atoms with Gasteiger partial charge in [0.25, 0.3) is 0 Å². The first-order chi connectivity index (χ1) is 5.16. The van der Waals surface area contributed by atoms with E-state index in [0.717, 1.165) is 0 Å². The quantitative estimate of drug-likeness (QED) is 0.333. The van der Waals surface area contributed by atoms with Crippen LogP contribution in [0.3, 0.4) is 0 Å². The van der Waals surface area contributed by atoms with E-state index in [1.54, 1.807) is 6.08 Å². The fourth-order valence-corrected chi connectivity index (χ4v) is 0.603. The lowest BCUT2D eigenvalue weighted by Gasteiger charge is -2.07. The zero-order valence-electron chi connectivity index (χ0n) is 6.66. The highest BCUT2D eigenvalue weighted by Gasteiger charge is 2.04. The third kappa shape index (κ3) is 6.99. The van der Waals surface area contributed by atoms with Gasteiger partial charge in [-0.25, -0.2) is 0 Å². The predicted octanol–water partition coefficient (Wildman–Crippen LogP) is 1.24. The van der Waals surface area contributed by atoms with E-state index >= 15 is 0 Å². The SMILES string of the molecule is C=CCOC(C)CC[N+](=O)[O-]. The van der Waals surface area contributed by atoms with Gasteiger partial charge in [-0.1, -0.05) is 6.08 Å². The first kappa shape index (κ1) is 10.1. The predicted molar refractivity (Wildman–Crippen MR) is 42.1 cm³/mol. The molecule has 0 rings (SSSR count). The van der Waals surface area contributed by atoms with Crippen LogP contribution >= 0.6 is 0 Å². The molecule has 4 heteroatoms. The van der Waals surface area contributed by atoms with Crippen molar-refractivity contribution < 1.29 is 9.66 Å². The van der Waals surface area contributed by atoms with E-state index in [4.69, 9.17) is 4.74 Å². The van der Waals surface area contributed by atoms with Gasteiger partial charge in [0.1, 0.15) is 0 Å². The van der Waals surface area contributed by atoms with Gasteiger partial charge in [0.05, 0.1) is 12.7 Å². The van der Waals surface area contributed by atoms with Crippen LogP contribution in [0.2, 0.25) is 0 Å². The number of nitrogens with zero attached hydrogens (tertiary/aromatic N) is 1. The number of ether oxygens (including phenoxy) is 1.